The molecule has 0 radical (unpaired) electrons. The third-order valence-electron chi connectivity index (χ3n) is 3.15. The minimum absolute atomic E-state index is 0.0446. The zero-order valence-electron chi connectivity index (χ0n) is 11.6. The second-order valence-electron chi connectivity index (χ2n) is 5.65. The zero-order chi connectivity index (χ0) is 13.5. The lowest BCUT2D eigenvalue weighted by molar-refractivity contribution is 0.571. The Labute approximate surface area is 117 Å². The van der Waals surface area contributed by atoms with Gasteiger partial charge in [-0.05, 0) is 34.5 Å². The second kappa shape index (κ2) is 4.54. The maximum absolute atomic E-state index is 4.83. The number of halogens is 1. The van der Waals surface area contributed by atoms with E-state index in [0.717, 1.165) is 26.8 Å². The van der Waals surface area contributed by atoms with Gasteiger partial charge >= 0.3 is 0 Å². The predicted molar refractivity (Wildman–Crippen MR) is 82.4 cm³/mol. The molecule has 1 aromatic heterocycles. The topological polar surface area (TPSA) is 24.9 Å². The Morgan fingerprint density at radius 3 is 2.44 bits per heavy atom. The molecule has 0 amide bonds. The summed E-state index contributed by atoms with van der Waals surface area (Å²) in [5.41, 5.74) is 4.52. The number of aromatic nitrogens is 1. The van der Waals surface area contributed by atoms with Gasteiger partial charge in [0, 0.05) is 33.7 Å². The van der Waals surface area contributed by atoms with Crippen LogP contribution in [0.5, 0.6) is 0 Å². The molecule has 0 bridgehead atoms. The number of fused-ring (bicyclic) bond motifs is 1. The van der Waals surface area contributed by atoms with Crippen molar-refractivity contribution in [2.75, 3.05) is 12.4 Å². The zero-order valence-corrected chi connectivity index (χ0v) is 13.1. The number of pyridine rings is 1. The van der Waals surface area contributed by atoms with Crippen LogP contribution in [0, 0.1) is 6.92 Å². The molecule has 2 rings (SSSR count). The van der Waals surface area contributed by atoms with Crippen LogP contribution in [0.4, 0.5) is 5.69 Å². The molecule has 0 saturated carbocycles. The maximum Gasteiger partial charge on any atom is 0.0870 e. The summed E-state index contributed by atoms with van der Waals surface area (Å²) in [4.78, 5) is 4.83. The molecule has 2 nitrogen and oxygen atoms in total. The average Bonchev–Trinajstić information content (AvgIpc) is 2.31. The van der Waals surface area contributed by atoms with Crippen LogP contribution in [-0.4, -0.2) is 12.0 Å². The monoisotopic (exact) mass is 306 g/mol. The Balaban J connectivity index is 2.85. The van der Waals surface area contributed by atoms with Crippen molar-refractivity contribution in [1.29, 1.82) is 0 Å². The molecule has 0 aliphatic carbocycles. The van der Waals surface area contributed by atoms with E-state index in [0.29, 0.717) is 0 Å². The Bertz CT molecular complexity index is 597. The molecule has 0 unspecified atom stereocenters. The van der Waals surface area contributed by atoms with Crippen molar-refractivity contribution in [2.24, 2.45) is 0 Å². The van der Waals surface area contributed by atoms with E-state index in [2.05, 4.69) is 67.1 Å². The van der Waals surface area contributed by atoms with Gasteiger partial charge < -0.3 is 5.32 Å². The van der Waals surface area contributed by atoms with Gasteiger partial charge in [0.2, 0.25) is 0 Å². The standard InChI is InChI=1S/C15H19BrN2/c1-9-6-7-10-11(17-5)8-12(15(2,3)4)18-14(10)13(9)16/h6-8H,1-5H3,(H,17,18). The first-order valence-electron chi connectivity index (χ1n) is 6.12. The van der Waals surface area contributed by atoms with Crippen molar-refractivity contribution in [3.63, 3.8) is 0 Å². The normalized spacial score (nSPS) is 11.9. The van der Waals surface area contributed by atoms with Gasteiger partial charge in [0.1, 0.15) is 0 Å². The molecule has 2 aromatic rings. The molecular formula is C15H19BrN2. The number of aryl methyl sites for hydroxylation is 1. The summed E-state index contributed by atoms with van der Waals surface area (Å²) >= 11 is 3.65. The van der Waals surface area contributed by atoms with Crippen LogP contribution in [0.25, 0.3) is 10.9 Å². The van der Waals surface area contributed by atoms with Gasteiger partial charge in [-0.25, -0.2) is 0 Å². The molecule has 0 atom stereocenters. The van der Waals surface area contributed by atoms with E-state index in [-0.39, 0.29) is 5.41 Å². The van der Waals surface area contributed by atoms with Gasteiger partial charge in [0.15, 0.2) is 0 Å². The third kappa shape index (κ3) is 2.24. The lowest BCUT2D eigenvalue weighted by Gasteiger charge is -2.20. The molecule has 1 N–H and O–H groups in total. The number of benzene rings is 1. The predicted octanol–water partition coefficient (Wildman–Crippen LogP) is 4.64. The molecule has 0 fully saturated rings. The summed E-state index contributed by atoms with van der Waals surface area (Å²) in [5, 5.41) is 4.42. The van der Waals surface area contributed by atoms with Crippen molar-refractivity contribution in [2.45, 2.75) is 33.1 Å². The molecule has 0 aliphatic rings. The van der Waals surface area contributed by atoms with E-state index in [1.54, 1.807) is 0 Å². The van der Waals surface area contributed by atoms with Gasteiger partial charge in [0.05, 0.1) is 5.52 Å². The summed E-state index contributed by atoms with van der Waals surface area (Å²) in [6.07, 6.45) is 0. The summed E-state index contributed by atoms with van der Waals surface area (Å²) in [5.74, 6) is 0. The third-order valence-corrected chi connectivity index (χ3v) is 4.15. The maximum atomic E-state index is 4.83. The Hall–Kier alpha value is -1.09. The molecule has 3 heteroatoms. The van der Waals surface area contributed by atoms with E-state index >= 15 is 0 Å². The summed E-state index contributed by atoms with van der Waals surface area (Å²) < 4.78 is 1.09. The Morgan fingerprint density at radius 1 is 1.22 bits per heavy atom. The minimum atomic E-state index is 0.0446. The number of rotatable bonds is 1. The van der Waals surface area contributed by atoms with Crippen LogP contribution in [0.3, 0.4) is 0 Å². The highest BCUT2D eigenvalue weighted by Gasteiger charge is 2.18. The SMILES string of the molecule is CNc1cc(C(C)(C)C)nc2c(Br)c(C)ccc12. The van der Waals surface area contributed by atoms with E-state index < -0.39 is 0 Å². The number of nitrogens with one attached hydrogen (secondary N) is 1. The minimum Gasteiger partial charge on any atom is -0.388 e. The van der Waals surface area contributed by atoms with Gasteiger partial charge in [0.25, 0.3) is 0 Å². The molecule has 1 aromatic carbocycles. The van der Waals surface area contributed by atoms with Crippen LogP contribution in [-0.2, 0) is 5.41 Å². The fourth-order valence-electron chi connectivity index (χ4n) is 1.95. The van der Waals surface area contributed by atoms with Gasteiger partial charge in [-0.3, -0.25) is 4.98 Å². The second-order valence-corrected chi connectivity index (χ2v) is 6.44. The van der Waals surface area contributed by atoms with Crippen molar-refractivity contribution in [3.8, 4) is 0 Å². The molecular weight excluding hydrogens is 288 g/mol. The first kappa shape index (κ1) is 13.3. The largest absolute Gasteiger partial charge is 0.388 e. The van der Waals surface area contributed by atoms with Crippen LogP contribution >= 0.6 is 15.9 Å². The van der Waals surface area contributed by atoms with E-state index in [1.807, 2.05) is 7.05 Å². The lowest BCUT2D eigenvalue weighted by Crippen LogP contribution is -2.14. The van der Waals surface area contributed by atoms with Crippen molar-refractivity contribution >= 4 is 32.5 Å². The summed E-state index contributed by atoms with van der Waals surface area (Å²) in [6.45, 7) is 8.65. The molecule has 0 aliphatic heterocycles. The average molecular weight is 307 g/mol. The van der Waals surface area contributed by atoms with E-state index in [4.69, 9.17) is 4.98 Å². The van der Waals surface area contributed by atoms with Crippen molar-refractivity contribution in [1.82, 2.24) is 4.98 Å². The molecule has 96 valence electrons. The van der Waals surface area contributed by atoms with Crippen LogP contribution in [0.1, 0.15) is 32.0 Å². The van der Waals surface area contributed by atoms with Crippen LogP contribution < -0.4 is 5.32 Å². The molecule has 0 spiro atoms. The number of hydrogen-bond donors (Lipinski definition) is 1. The number of anilines is 1. The van der Waals surface area contributed by atoms with Crippen molar-refractivity contribution in [3.05, 3.63) is 33.9 Å². The fraction of sp³-hybridized carbons (Fsp3) is 0.400. The number of hydrogen-bond acceptors (Lipinski definition) is 2. The Morgan fingerprint density at radius 2 is 1.89 bits per heavy atom. The highest BCUT2D eigenvalue weighted by molar-refractivity contribution is 9.10. The number of nitrogens with zero attached hydrogens (tertiary/aromatic N) is 1. The first-order valence-corrected chi connectivity index (χ1v) is 6.92. The highest BCUT2D eigenvalue weighted by atomic mass is 79.9. The highest BCUT2D eigenvalue weighted by Crippen LogP contribution is 2.33. The fourth-order valence-corrected chi connectivity index (χ4v) is 2.38. The first-order chi connectivity index (χ1) is 8.34. The van der Waals surface area contributed by atoms with E-state index in [1.165, 1.54) is 5.56 Å². The quantitative estimate of drug-likeness (QED) is 0.830. The smallest absolute Gasteiger partial charge is 0.0870 e. The Kier molecular flexibility index (Phi) is 3.37. The summed E-state index contributed by atoms with van der Waals surface area (Å²) in [6, 6.07) is 6.39. The van der Waals surface area contributed by atoms with Crippen LogP contribution in [0.15, 0.2) is 22.7 Å². The van der Waals surface area contributed by atoms with Crippen LogP contribution in [0.2, 0.25) is 0 Å². The van der Waals surface area contributed by atoms with Crippen molar-refractivity contribution < 1.29 is 0 Å². The molecule has 18 heavy (non-hydrogen) atoms. The van der Waals surface area contributed by atoms with E-state index in [9.17, 15) is 0 Å². The van der Waals surface area contributed by atoms with Gasteiger partial charge in [-0.1, -0.05) is 32.9 Å². The molecule has 1 heterocycles. The lowest BCUT2D eigenvalue weighted by atomic mass is 9.90. The molecule has 0 saturated heterocycles. The van der Waals surface area contributed by atoms with Gasteiger partial charge in [-0.2, -0.15) is 0 Å². The summed E-state index contributed by atoms with van der Waals surface area (Å²) in [7, 11) is 1.95. The van der Waals surface area contributed by atoms with Gasteiger partial charge in [-0.15, -0.1) is 0 Å².